The third kappa shape index (κ3) is 5.74. The first kappa shape index (κ1) is 19.7. The summed E-state index contributed by atoms with van der Waals surface area (Å²) in [4.78, 5) is 26.4. The molecular formula is C22H27N3O3. The molecule has 2 amide bonds. The van der Waals surface area contributed by atoms with Crippen LogP contribution < -0.4 is 20.3 Å². The van der Waals surface area contributed by atoms with Gasteiger partial charge in [-0.2, -0.15) is 0 Å². The van der Waals surface area contributed by atoms with Gasteiger partial charge in [0, 0.05) is 31.0 Å². The van der Waals surface area contributed by atoms with E-state index in [0.717, 1.165) is 24.4 Å². The fourth-order valence-corrected chi connectivity index (χ4v) is 3.32. The molecule has 3 rings (SSSR count). The molecule has 1 aliphatic rings. The zero-order valence-electron chi connectivity index (χ0n) is 16.2. The fraction of sp³-hybridized carbons (Fsp3) is 0.364. The lowest BCUT2D eigenvalue weighted by molar-refractivity contribution is -0.126. The molecule has 0 saturated carbocycles. The highest BCUT2D eigenvalue weighted by Gasteiger charge is 2.13. The van der Waals surface area contributed by atoms with E-state index in [9.17, 15) is 9.59 Å². The monoisotopic (exact) mass is 381 g/mol. The van der Waals surface area contributed by atoms with Crippen molar-refractivity contribution >= 4 is 23.2 Å². The Bertz CT molecular complexity index is 799. The molecule has 2 aromatic carbocycles. The van der Waals surface area contributed by atoms with Crippen molar-refractivity contribution in [2.75, 3.05) is 37.0 Å². The zero-order valence-corrected chi connectivity index (χ0v) is 16.2. The highest BCUT2D eigenvalue weighted by Crippen LogP contribution is 2.22. The Hall–Kier alpha value is -3.02. The first-order valence-electron chi connectivity index (χ1n) is 9.68. The number of nitrogens with one attached hydrogen (secondary N) is 2. The van der Waals surface area contributed by atoms with Crippen LogP contribution in [0, 0.1) is 0 Å². The summed E-state index contributed by atoms with van der Waals surface area (Å²) in [6, 6.07) is 15.5. The highest BCUT2D eigenvalue weighted by atomic mass is 16.5. The van der Waals surface area contributed by atoms with Crippen LogP contribution in [0.2, 0.25) is 0 Å². The minimum Gasteiger partial charge on any atom is -0.497 e. The molecule has 6 nitrogen and oxygen atoms in total. The fourth-order valence-electron chi connectivity index (χ4n) is 3.32. The second kappa shape index (κ2) is 9.78. The summed E-state index contributed by atoms with van der Waals surface area (Å²) in [6.07, 6.45) is 2.95. The van der Waals surface area contributed by atoms with Gasteiger partial charge in [-0.15, -0.1) is 0 Å². The molecule has 0 atom stereocenters. The van der Waals surface area contributed by atoms with Crippen molar-refractivity contribution in [2.45, 2.75) is 25.7 Å². The molecule has 0 spiro atoms. The van der Waals surface area contributed by atoms with Crippen LogP contribution in [0.5, 0.6) is 5.75 Å². The Balaban J connectivity index is 1.39. The molecule has 0 unspecified atom stereocenters. The van der Waals surface area contributed by atoms with E-state index in [1.54, 1.807) is 7.11 Å². The average molecular weight is 381 g/mol. The highest BCUT2D eigenvalue weighted by molar-refractivity contribution is 6.03. The van der Waals surface area contributed by atoms with Crippen molar-refractivity contribution < 1.29 is 14.3 Å². The second-order valence-corrected chi connectivity index (χ2v) is 6.92. The van der Waals surface area contributed by atoms with Gasteiger partial charge in [0.15, 0.2) is 0 Å². The predicted molar refractivity (Wildman–Crippen MR) is 111 cm³/mol. The first-order chi connectivity index (χ1) is 13.6. The van der Waals surface area contributed by atoms with Crippen molar-refractivity contribution in [2.24, 2.45) is 0 Å². The molecule has 1 heterocycles. The van der Waals surface area contributed by atoms with Gasteiger partial charge in [0.25, 0.3) is 0 Å². The van der Waals surface area contributed by atoms with Gasteiger partial charge < -0.3 is 20.3 Å². The predicted octanol–water partition coefficient (Wildman–Crippen LogP) is 2.98. The largest absolute Gasteiger partial charge is 0.497 e. The van der Waals surface area contributed by atoms with E-state index in [2.05, 4.69) is 15.5 Å². The van der Waals surface area contributed by atoms with Gasteiger partial charge in [0.1, 0.15) is 12.2 Å². The average Bonchev–Trinajstić information content (AvgIpc) is 3.23. The second-order valence-electron chi connectivity index (χ2n) is 6.92. The zero-order chi connectivity index (χ0) is 19.8. The van der Waals surface area contributed by atoms with Crippen molar-refractivity contribution in [3.63, 3.8) is 0 Å². The van der Waals surface area contributed by atoms with E-state index in [0.29, 0.717) is 18.7 Å². The van der Waals surface area contributed by atoms with Crippen LogP contribution in [0.3, 0.4) is 0 Å². The van der Waals surface area contributed by atoms with Gasteiger partial charge in [0.2, 0.25) is 11.8 Å². The molecule has 0 aromatic heterocycles. The molecule has 1 aliphatic heterocycles. The van der Waals surface area contributed by atoms with Crippen LogP contribution in [-0.4, -0.2) is 38.6 Å². The van der Waals surface area contributed by atoms with Crippen molar-refractivity contribution in [1.29, 1.82) is 0 Å². The van der Waals surface area contributed by atoms with E-state index >= 15 is 0 Å². The summed E-state index contributed by atoms with van der Waals surface area (Å²) in [5.74, 6) is 0.195. The Morgan fingerprint density at radius 2 is 1.79 bits per heavy atom. The summed E-state index contributed by atoms with van der Waals surface area (Å²) in [5.41, 5.74) is 2.95. The topological polar surface area (TPSA) is 70.7 Å². The molecular weight excluding hydrogens is 354 g/mol. The number of hydrogen-bond donors (Lipinski definition) is 2. The first-order valence-corrected chi connectivity index (χ1v) is 9.68. The van der Waals surface area contributed by atoms with Crippen LogP contribution in [0.1, 0.15) is 24.8 Å². The Labute approximate surface area is 165 Å². The van der Waals surface area contributed by atoms with Gasteiger partial charge >= 0.3 is 0 Å². The van der Waals surface area contributed by atoms with Crippen molar-refractivity contribution in [3.05, 3.63) is 54.1 Å². The number of amides is 2. The number of ether oxygens (including phenoxy) is 1. The lowest BCUT2D eigenvalue weighted by Crippen LogP contribution is -2.29. The third-order valence-corrected chi connectivity index (χ3v) is 4.81. The maximum Gasteiger partial charge on any atom is 0.233 e. The van der Waals surface area contributed by atoms with Crippen molar-refractivity contribution in [3.8, 4) is 5.75 Å². The summed E-state index contributed by atoms with van der Waals surface area (Å²) in [5, 5.41) is 5.56. The molecule has 2 N–H and O–H groups in total. The summed E-state index contributed by atoms with van der Waals surface area (Å²) >= 11 is 0. The number of carbonyl (C=O) groups is 2. The molecule has 2 aromatic rings. The summed E-state index contributed by atoms with van der Waals surface area (Å²) in [7, 11) is 1.62. The molecule has 6 heteroatoms. The van der Waals surface area contributed by atoms with Crippen LogP contribution in [0.25, 0.3) is 0 Å². The lowest BCUT2D eigenvalue weighted by atomic mass is 10.1. The molecule has 0 bridgehead atoms. The van der Waals surface area contributed by atoms with E-state index < -0.39 is 0 Å². The summed E-state index contributed by atoms with van der Waals surface area (Å²) < 4.78 is 5.18. The van der Waals surface area contributed by atoms with Crippen LogP contribution >= 0.6 is 0 Å². The number of nitrogens with zero attached hydrogens (tertiary/aromatic N) is 1. The smallest absolute Gasteiger partial charge is 0.233 e. The Morgan fingerprint density at radius 1 is 1.04 bits per heavy atom. The number of rotatable bonds is 8. The molecule has 1 fully saturated rings. The molecule has 28 heavy (non-hydrogen) atoms. The maximum absolute atomic E-state index is 12.1. The third-order valence-electron chi connectivity index (χ3n) is 4.81. The quantitative estimate of drug-likeness (QED) is 0.690. The van der Waals surface area contributed by atoms with Gasteiger partial charge in [-0.05, 0) is 61.2 Å². The molecule has 0 aliphatic carbocycles. The van der Waals surface area contributed by atoms with E-state index in [1.807, 2.05) is 48.5 Å². The van der Waals surface area contributed by atoms with E-state index in [-0.39, 0.29) is 18.2 Å². The SMILES string of the molecule is COc1cccc(CCNC(=O)CC(=O)Nc2ccc(N3CCCC3)cc2)c1. The number of benzene rings is 2. The molecule has 148 valence electrons. The number of methoxy groups -OCH3 is 1. The summed E-state index contributed by atoms with van der Waals surface area (Å²) in [6.45, 7) is 2.65. The number of anilines is 2. The van der Waals surface area contributed by atoms with Crippen LogP contribution in [0.4, 0.5) is 11.4 Å². The molecule has 1 saturated heterocycles. The molecule has 0 radical (unpaired) electrons. The Morgan fingerprint density at radius 3 is 2.50 bits per heavy atom. The van der Waals surface area contributed by atoms with Crippen LogP contribution in [0.15, 0.2) is 48.5 Å². The Kier molecular flexibility index (Phi) is 6.89. The normalized spacial score (nSPS) is 13.2. The van der Waals surface area contributed by atoms with E-state index in [4.69, 9.17) is 4.74 Å². The number of hydrogen-bond acceptors (Lipinski definition) is 4. The van der Waals surface area contributed by atoms with Crippen molar-refractivity contribution in [1.82, 2.24) is 5.32 Å². The minimum absolute atomic E-state index is 0.189. The van der Waals surface area contributed by atoms with Gasteiger partial charge in [-0.3, -0.25) is 9.59 Å². The number of carbonyl (C=O) groups excluding carboxylic acids is 2. The lowest BCUT2D eigenvalue weighted by Gasteiger charge is -2.17. The van der Waals surface area contributed by atoms with Gasteiger partial charge in [0.05, 0.1) is 7.11 Å². The van der Waals surface area contributed by atoms with E-state index in [1.165, 1.54) is 18.5 Å². The minimum atomic E-state index is -0.312. The van der Waals surface area contributed by atoms with Crippen LogP contribution in [-0.2, 0) is 16.0 Å². The van der Waals surface area contributed by atoms with Gasteiger partial charge in [-0.1, -0.05) is 12.1 Å². The van der Waals surface area contributed by atoms with Gasteiger partial charge in [-0.25, -0.2) is 0 Å². The standard InChI is InChI=1S/C22H27N3O3/c1-28-20-6-4-5-17(15-20)11-12-23-21(26)16-22(27)24-18-7-9-19(10-8-18)25-13-2-3-14-25/h4-10,15H,2-3,11-14,16H2,1H3,(H,23,26)(H,24,27). The maximum atomic E-state index is 12.1.